The van der Waals surface area contributed by atoms with Crippen LogP contribution < -0.4 is 4.90 Å². The second-order valence-electron chi connectivity index (χ2n) is 6.18. The van der Waals surface area contributed by atoms with Crippen LogP contribution in [0.4, 0.5) is 9.52 Å². The van der Waals surface area contributed by atoms with Gasteiger partial charge in [-0.3, -0.25) is 0 Å². The van der Waals surface area contributed by atoms with Gasteiger partial charge in [-0.05, 0) is 31.0 Å². The lowest BCUT2D eigenvalue weighted by Gasteiger charge is -2.33. The highest BCUT2D eigenvalue weighted by molar-refractivity contribution is 7.89. The zero-order valence-corrected chi connectivity index (χ0v) is 15.6. The van der Waals surface area contributed by atoms with Crippen LogP contribution in [-0.2, 0) is 10.0 Å². The van der Waals surface area contributed by atoms with Gasteiger partial charge < -0.3 is 4.90 Å². The third kappa shape index (κ3) is 3.38. The van der Waals surface area contributed by atoms with Gasteiger partial charge in [-0.15, -0.1) is 0 Å². The average molecular weight is 403 g/mol. The van der Waals surface area contributed by atoms with E-state index in [2.05, 4.69) is 14.3 Å². The number of hydrogen-bond acceptors (Lipinski definition) is 6. The van der Waals surface area contributed by atoms with Crippen molar-refractivity contribution < 1.29 is 12.8 Å². The van der Waals surface area contributed by atoms with E-state index in [1.807, 2.05) is 0 Å². The molecular weight excluding hydrogens is 387 g/mol. The second-order valence-corrected chi connectivity index (χ2v) is 9.25. The summed E-state index contributed by atoms with van der Waals surface area (Å²) in [4.78, 5) is 6.64. The Morgan fingerprint density at radius 3 is 2.56 bits per heavy atom. The molecule has 1 aromatic heterocycles. The fraction of sp³-hybridized carbons (Fsp3) is 0.467. The van der Waals surface area contributed by atoms with Crippen molar-refractivity contribution in [2.75, 3.05) is 31.1 Å². The van der Waals surface area contributed by atoms with Crippen LogP contribution in [0.15, 0.2) is 23.1 Å². The molecule has 1 aliphatic carbocycles. The number of anilines is 1. The Morgan fingerprint density at radius 2 is 1.92 bits per heavy atom. The molecule has 10 heteroatoms. The number of halogens is 2. The molecule has 25 heavy (non-hydrogen) atoms. The molecule has 0 spiro atoms. The molecule has 0 radical (unpaired) electrons. The van der Waals surface area contributed by atoms with Crippen LogP contribution in [0.2, 0.25) is 5.02 Å². The van der Waals surface area contributed by atoms with E-state index in [1.165, 1.54) is 21.9 Å². The number of rotatable bonds is 4. The van der Waals surface area contributed by atoms with Gasteiger partial charge in [0, 0.05) is 43.6 Å². The number of aromatic nitrogens is 2. The van der Waals surface area contributed by atoms with E-state index in [0.29, 0.717) is 32.1 Å². The van der Waals surface area contributed by atoms with Crippen LogP contribution in [0.1, 0.15) is 24.6 Å². The molecule has 2 heterocycles. The van der Waals surface area contributed by atoms with Crippen LogP contribution in [0.3, 0.4) is 0 Å². The molecule has 6 nitrogen and oxygen atoms in total. The Bertz CT molecular complexity index is 893. The summed E-state index contributed by atoms with van der Waals surface area (Å²) < 4.78 is 44.5. The Kier molecular flexibility index (Phi) is 4.43. The summed E-state index contributed by atoms with van der Waals surface area (Å²) in [5.41, 5.74) is 0. The van der Waals surface area contributed by atoms with E-state index in [9.17, 15) is 12.8 Å². The Balaban J connectivity index is 1.45. The van der Waals surface area contributed by atoms with Crippen LogP contribution >= 0.6 is 23.1 Å². The first-order valence-corrected chi connectivity index (χ1v) is 10.6. The summed E-state index contributed by atoms with van der Waals surface area (Å²) in [6.45, 7) is 1.78. The molecule has 1 saturated heterocycles. The van der Waals surface area contributed by atoms with Gasteiger partial charge in [0.25, 0.3) is 0 Å². The van der Waals surface area contributed by atoms with Crippen molar-refractivity contribution in [1.82, 2.24) is 13.7 Å². The summed E-state index contributed by atoms with van der Waals surface area (Å²) in [6, 6.07) is 3.48. The average Bonchev–Trinajstić information content (AvgIpc) is 3.34. The minimum absolute atomic E-state index is 0.0132. The normalized spacial score (nSPS) is 19.4. The maximum absolute atomic E-state index is 13.3. The fourth-order valence-electron chi connectivity index (χ4n) is 2.77. The first-order valence-electron chi connectivity index (χ1n) is 7.99. The molecule has 2 fully saturated rings. The highest BCUT2D eigenvalue weighted by atomic mass is 35.5. The van der Waals surface area contributed by atoms with Gasteiger partial charge in [0.05, 0.1) is 9.92 Å². The molecule has 0 unspecified atom stereocenters. The highest BCUT2D eigenvalue weighted by Crippen LogP contribution is 2.39. The molecule has 2 aliphatic rings. The predicted molar refractivity (Wildman–Crippen MR) is 94.3 cm³/mol. The number of nitrogens with zero attached hydrogens (tertiary/aromatic N) is 4. The molecule has 0 N–H and O–H groups in total. The minimum atomic E-state index is -3.68. The molecule has 0 amide bonds. The summed E-state index contributed by atoms with van der Waals surface area (Å²) in [5, 5.41) is 0.657. The van der Waals surface area contributed by atoms with Crippen molar-refractivity contribution in [2.45, 2.75) is 23.7 Å². The number of benzene rings is 1. The van der Waals surface area contributed by atoms with E-state index in [4.69, 9.17) is 11.6 Å². The summed E-state index contributed by atoms with van der Waals surface area (Å²) in [6.07, 6.45) is 2.31. The zero-order chi connectivity index (χ0) is 17.6. The van der Waals surface area contributed by atoms with Gasteiger partial charge in [0.1, 0.15) is 11.6 Å². The third-order valence-electron chi connectivity index (χ3n) is 4.41. The van der Waals surface area contributed by atoms with Gasteiger partial charge >= 0.3 is 0 Å². The van der Waals surface area contributed by atoms with Gasteiger partial charge in [-0.1, -0.05) is 11.6 Å². The van der Waals surface area contributed by atoms with Crippen LogP contribution in [-0.4, -0.2) is 48.3 Å². The molecule has 0 bridgehead atoms. The Hall–Kier alpha value is -1.29. The first kappa shape index (κ1) is 17.1. The van der Waals surface area contributed by atoms with Gasteiger partial charge in [-0.2, -0.15) is 8.68 Å². The van der Waals surface area contributed by atoms with Crippen molar-refractivity contribution in [3.63, 3.8) is 0 Å². The summed E-state index contributed by atoms with van der Waals surface area (Å²) >= 11 is 7.09. The van der Waals surface area contributed by atoms with E-state index >= 15 is 0 Å². The smallest absolute Gasteiger partial charge is 0.243 e. The van der Waals surface area contributed by atoms with Crippen molar-refractivity contribution >= 4 is 38.3 Å². The molecule has 134 valence electrons. The SMILES string of the molecule is O=S(=O)(c1ccc(F)c(Cl)c1)N1CCN(c2nc(C3CC3)ns2)CC1. The van der Waals surface area contributed by atoms with E-state index < -0.39 is 15.8 Å². The lowest BCUT2D eigenvalue weighted by Crippen LogP contribution is -2.48. The largest absolute Gasteiger partial charge is 0.344 e. The Labute approximate surface area is 154 Å². The quantitative estimate of drug-likeness (QED) is 0.786. The van der Waals surface area contributed by atoms with E-state index in [1.54, 1.807) is 0 Å². The lowest BCUT2D eigenvalue weighted by molar-refractivity contribution is 0.384. The van der Waals surface area contributed by atoms with E-state index in [-0.39, 0.29) is 9.92 Å². The maximum Gasteiger partial charge on any atom is 0.243 e. The molecule has 0 atom stereocenters. The molecule has 1 saturated carbocycles. The van der Waals surface area contributed by atoms with Gasteiger partial charge in [0.15, 0.2) is 0 Å². The molecule has 1 aromatic carbocycles. The monoisotopic (exact) mass is 402 g/mol. The van der Waals surface area contributed by atoms with Crippen molar-refractivity contribution in [3.05, 3.63) is 34.9 Å². The number of piperazine rings is 1. The maximum atomic E-state index is 13.3. The molecule has 2 aromatic rings. The Morgan fingerprint density at radius 1 is 1.20 bits per heavy atom. The minimum Gasteiger partial charge on any atom is -0.344 e. The first-order chi connectivity index (χ1) is 11.9. The topological polar surface area (TPSA) is 66.4 Å². The lowest BCUT2D eigenvalue weighted by atomic mass is 10.3. The fourth-order valence-corrected chi connectivity index (χ4v) is 5.26. The van der Waals surface area contributed by atoms with Gasteiger partial charge in [-0.25, -0.2) is 17.8 Å². The molecule has 4 rings (SSSR count). The number of sulfonamides is 1. The third-order valence-corrected chi connectivity index (χ3v) is 7.39. The standard InChI is InChI=1S/C15H16ClFN4O2S2/c16-12-9-11(3-4-13(12)17)25(22,23)21-7-5-20(6-8-21)15-18-14(19-24-15)10-1-2-10/h3-4,9-10H,1-2,5-8H2. The highest BCUT2D eigenvalue weighted by Gasteiger charge is 2.32. The number of hydrogen-bond donors (Lipinski definition) is 0. The van der Waals surface area contributed by atoms with E-state index in [0.717, 1.165) is 35.9 Å². The van der Waals surface area contributed by atoms with Crippen LogP contribution in [0, 0.1) is 5.82 Å². The van der Waals surface area contributed by atoms with Crippen molar-refractivity contribution in [1.29, 1.82) is 0 Å². The van der Waals surface area contributed by atoms with Crippen LogP contribution in [0.5, 0.6) is 0 Å². The van der Waals surface area contributed by atoms with Crippen LogP contribution in [0.25, 0.3) is 0 Å². The van der Waals surface area contributed by atoms with Crippen molar-refractivity contribution in [2.24, 2.45) is 0 Å². The predicted octanol–water partition coefficient (Wildman–Crippen LogP) is 2.72. The summed E-state index contributed by atoms with van der Waals surface area (Å²) in [7, 11) is -3.68. The van der Waals surface area contributed by atoms with Crippen molar-refractivity contribution in [3.8, 4) is 0 Å². The second kappa shape index (κ2) is 6.46. The summed E-state index contributed by atoms with van der Waals surface area (Å²) in [5.74, 6) is 0.791. The molecular formula is C15H16ClFN4O2S2. The van der Waals surface area contributed by atoms with Gasteiger partial charge in [0.2, 0.25) is 15.2 Å². The zero-order valence-electron chi connectivity index (χ0n) is 13.2. The molecule has 1 aliphatic heterocycles.